The molecule has 4 rings (SSSR count). The number of amides is 2. The summed E-state index contributed by atoms with van der Waals surface area (Å²) in [6.45, 7) is 0. The zero-order valence-electron chi connectivity index (χ0n) is 11.7. The lowest BCUT2D eigenvalue weighted by Gasteiger charge is -2.17. The van der Waals surface area contributed by atoms with Crippen molar-refractivity contribution in [2.75, 3.05) is 4.90 Å². The minimum atomic E-state index is -0.344. The van der Waals surface area contributed by atoms with Crippen molar-refractivity contribution in [1.82, 2.24) is 4.98 Å². The minimum Gasteiger partial charge on any atom is -0.274 e. The van der Waals surface area contributed by atoms with E-state index < -0.39 is 0 Å². The quantitative estimate of drug-likeness (QED) is 0.759. The Balaban J connectivity index is 1.83. The Labute approximate surface area is 132 Å². The molecule has 0 radical (unpaired) electrons. The molecule has 2 aromatic rings. The van der Waals surface area contributed by atoms with E-state index in [1.807, 2.05) is 30.3 Å². The molecule has 1 fully saturated rings. The summed E-state index contributed by atoms with van der Waals surface area (Å²) in [6, 6.07) is 9.29. The number of hydrogen-bond donors (Lipinski definition) is 0. The molecule has 2 heterocycles. The van der Waals surface area contributed by atoms with E-state index in [1.54, 1.807) is 12.3 Å². The average molecular weight is 313 g/mol. The van der Waals surface area contributed by atoms with E-state index in [9.17, 15) is 9.59 Å². The maximum Gasteiger partial charge on any atom is 0.238 e. The normalized spacial score (nSPS) is 24.6. The summed E-state index contributed by atoms with van der Waals surface area (Å²) in [5, 5.41) is 1.58. The van der Waals surface area contributed by atoms with E-state index in [-0.39, 0.29) is 23.7 Å². The number of para-hydroxylation sites is 1. The molecule has 1 aromatic carbocycles. The second-order valence-electron chi connectivity index (χ2n) is 5.67. The van der Waals surface area contributed by atoms with Crippen molar-refractivity contribution in [3.8, 4) is 0 Å². The summed E-state index contributed by atoms with van der Waals surface area (Å²) in [4.78, 5) is 31.1. The van der Waals surface area contributed by atoms with Gasteiger partial charge in [0.15, 0.2) is 0 Å². The number of nitrogens with zero attached hydrogens (tertiary/aromatic N) is 2. The van der Waals surface area contributed by atoms with Gasteiger partial charge in [-0.1, -0.05) is 35.9 Å². The van der Waals surface area contributed by atoms with Crippen LogP contribution in [0.5, 0.6) is 0 Å². The molecule has 0 spiro atoms. The molecular weight excluding hydrogens is 300 g/mol. The fraction of sp³-hybridized carbons (Fsp3) is 0.235. The number of halogens is 1. The van der Waals surface area contributed by atoms with Crippen LogP contribution in [-0.2, 0) is 9.59 Å². The topological polar surface area (TPSA) is 50.3 Å². The van der Waals surface area contributed by atoms with Gasteiger partial charge in [-0.05, 0) is 25.0 Å². The van der Waals surface area contributed by atoms with Crippen molar-refractivity contribution in [3.63, 3.8) is 0 Å². The monoisotopic (exact) mass is 312 g/mol. The van der Waals surface area contributed by atoms with Gasteiger partial charge in [-0.2, -0.15) is 0 Å². The van der Waals surface area contributed by atoms with Crippen molar-refractivity contribution in [3.05, 3.63) is 47.6 Å². The molecule has 1 aromatic heterocycles. The van der Waals surface area contributed by atoms with Gasteiger partial charge in [0.1, 0.15) is 0 Å². The molecule has 4 nitrogen and oxygen atoms in total. The zero-order chi connectivity index (χ0) is 15.3. The summed E-state index contributed by atoms with van der Waals surface area (Å²) in [6.07, 6.45) is 4.50. The molecule has 5 heteroatoms. The van der Waals surface area contributed by atoms with Crippen molar-refractivity contribution < 1.29 is 9.59 Å². The Bertz CT molecular complexity index is 825. The number of carbonyl (C=O) groups excluding carboxylic acids is 2. The van der Waals surface area contributed by atoms with Crippen molar-refractivity contribution in [2.24, 2.45) is 11.8 Å². The first-order chi connectivity index (χ1) is 10.7. The Hall–Kier alpha value is -2.20. The van der Waals surface area contributed by atoms with E-state index in [4.69, 9.17) is 11.6 Å². The van der Waals surface area contributed by atoms with Gasteiger partial charge in [-0.3, -0.25) is 14.6 Å². The number of allylic oxidation sites excluding steroid dienone is 2. The van der Waals surface area contributed by atoms with Crippen LogP contribution in [0, 0.1) is 11.8 Å². The summed E-state index contributed by atoms with van der Waals surface area (Å²) in [7, 11) is 0. The average Bonchev–Trinajstić information content (AvgIpc) is 2.78. The van der Waals surface area contributed by atoms with E-state index in [1.165, 1.54) is 4.90 Å². The molecule has 22 heavy (non-hydrogen) atoms. The molecule has 110 valence electrons. The van der Waals surface area contributed by atoms with Crippen LogP contribution in [-0.4, -0.2) is 16.8 Å². The lowest BCUT2D eigenvalue weighted by molar-refractivity contribution is -0.122. The third-order valence-electron chi connectivity index (χ3n) is 4.42. The SMILES string of the molecule is O=C1[C@H]2CC=C(Cl)C[C@H]2C(=O)N1c1cccc2cccnc12. The van der Waals surface area contributed by atoms with Crippen LogP contribution >= 0.6 is 11.6 Å². The number of carbonyl (C=O) groups is 2. The number of anilines is 1. The molecule has 0 N–H and O–H groups in total. The summed E-state index contributed by atoms with van der Waals surface area (Å²) in [5.41, 5.74) is 1.24. The van der Waals surface area contributed by atoms with Crippen LogP contribution < -0.4 is 4.90 Å². The smallest absolute Gasteiger partial charge is 0.238 e. The third kappa shape index (κ3) is 1.87. The van der Waals surface area contributed by atoms with Gasteiger partial charge < -0.3 is 0 Å². The Morgan fingerprint density at radius 1 is 1.09 bits per heavy atom. The Morgan fingerprint density at radius 3 is 2.73 bits per heavy atom. The molecule has 0 saturated carbocycles. The number of benzene rings is 1. The van der Waals surface area contributed by atoms with Gasteiger partial charge in [0.2, 0.25) is 11.8 Å². The molecule has 0 unspecified atom stereocenters. The second-order valence-corrected chi connectivity index (χ2v) is 6.15. The van der Waals surface area contributed by atoms with E-state index in [2.05, 4.69) is 4.98 Å². The number of aromatic nitrogens is 1. The molecule has 2 aliphatic rings. The molecule has 1 aliphatic carbocycles. The highest BCUT2D eigenvalue weighted by molar-refractivity contribution is 6.31. The van der Waals surface area contributed by atoms with Crippen LogP contribution in [0.15, 0.2) is 47.6 Å². The van der Waals surface area contributed by atoms with Gasteiger partial charge >= 0.3 is 0 Å². The second kappa shape index (κ2) is 4.92. The maximum atomic E-state index is 12.7. The molecule has 1 saturated heterocycles. The first-order valence-corrected chi connectivity index (χ1v) is 7.60. The molecular formula is C17H13ClN2O2. The van der Waals surface area contributed by atoms with E-state index >= 15 is 0 Å². The minimum absolute atomic E-state index is 0.145. The number of imide groups is 1. The van der Waals surface area contributed by atoms with E-state index in [0.717, 1.165) is 5.39 Å². The van der Waals surface area contributed by atoms with Crippen LogP contribution in [0.4, 0.5) is 5.69 Å². The summed E-state index contributed by atoms with van der Waals surface area (Å²) in [5.74, 6) is -0.953. The zero-order valence-corrected chi connectivity index (χ0v) is 12.5. The standard InChI is InChI=1S/C17H13ClN2O2/c18-11-6-7-12-13(9-11)17(22)20(16(12)21)14-5-1-3-10-4-2-8-19-15(10)14/h1-6,8,12-13H,7,9H2/t12-,13+/m0/s1. The molecule has 0 bridgehead atoms. The summed E-state index contributed by atoms with van der Waals surface area (Å²) < 4.78 is 0. The van der Waals surface area contributed by atoms with E-state index in [0.29, 0.717) is 29.1 Å². The van der Waals surface area contributed by atoms with Gasteiger partial charge in [0, 0.05) is 16.6 Å². The van der Waals surface area contributed by atoms with Crippen molar-refractivity contribution in [2.45, 2.75) is 12.8 Å². The highest BCUT2D eigenvalue weighted by atomic mass is 35.5. The number of hydrogen-bond acceptors (Lipinski definition) is 3. The maximum absolute atomic E-state index is 12.7. The first kappa shape index (κ1) is 13.5. The van der Waals surface area contributed by atoms with Gasteiger partial charge in [0.05, 0.1) is 23.0 Å². The largest absolute Gasteiger partial charge is 0.274 e. The van der Waals surface area contributed by atoms with Crippen LogP contribution in [0.25, 0.3) is 10.9 Å². The van der Waals surface area contributed by atoms with Crippen LogP contribution in [0.3, 0.4) is 0 Å². The van der Waals surface area contributed by atoms with Crippen molar-refractivity contribution in [1.29, 1.82) is 0 Å². The Morgan fingerprint density at radius 2 is 1.86 bits per heavy atom. The lowest BCUT2D eigenvalue weighted by atomic mass is 9.85. The fourth-order valence-electron chi connectivity index (χ4n) is 3.33. The van der Waals surface area contributed by atoms with Gasteiger partial charge in [-0.15, -0.1) is 0 Å². The number of fused-ring (bicyclic) bond motifs is 2. The fourth-order valence-corrected chi connectivity index (χ4v) is 3.59. The van der Waals surface area contributed by atoms with Crippen LogP contribution in [0.2, 0.25) is 0 Å². The predicted molar refractivity (Wildman–Crippen MR) is 84.4 cm³/mol. The van der Waals surface area contributed by atoms with Crippen molar-refractivity contribution >= 4 is 40.0 Å². The van der Waals surface area contributed by atoms with Gasteiger partial charge in [-0.25, -0.2) is 4.90 Å². The first-order valence-electron chi connectivity index (χ1n) is 7.23. The molecule has 2 amide bonds. The summed E-state index contributed by atoms with van der Waals surface area (Å²) >= 11 is 6.05. The number of rotatable bonds is 1. The number of pyridine rings is 1. The van der Waals surface area contributed by atoms with Gasteiger partial charge in [0.25, 0.3) is 0 Å². The molecule has 2 atom stereocenters. The molecule has 1 aliphatic heterocycles. The Kier molecular flexibility index (Phi) is 3.01. The lowest BCUT2D eigenvalue weighted by Crippen LogP contribution is -2.31. The highest BCUT2D eigenvalue weighted by Crippen LogP contribution is 2.41. The highest BCUT2D eigenvalue weighted by Gasteiger charge is 2.49. The van der Waals surface area contributed by atoms with Crippen LogP contribution in [0.1, 0.15) is 12.8 Å². The third-order valence-corrected chi connectivity index (χ3v) is 4.73. The predicted octanol–water partition coefficient (Wildman–Crippen LogP) is 3.26.